The molecule has 0 heterocycles. The van der Waals surface area contributed by atoms with Crippen LogP contribution >= 0.6 is 0 Å². The van der Waals surface area contributed by atoms with Crippen LogP contribution in [0.4, 0.5) is 5.69 Å². The van der Waals surface area contributed by atoms with E-state index in [0.29, 0.717) is 17.9 Å². The van der Waals surface area contributed by atoms with Crippen molar-refractivity contribution in [3.05, 3.63) is 29.3 Å². The van der Waals surface area contributed by atoms with Crippen LogP contribution in [0.25, 0.3) is 0 Å². The van der Waals surface area contributed by atoms with E-state index in [0.717, 1.165) is 24.8 Å². The van der Waals surface area contributed by atoms with Crippen molar-refractivity contribution in [1.82, 2.24) is 0 Å². The predicted molar refractivity (Wildman–Crippen MR) is 66.8 cm³/mol. The summed E-state index contributed by atoms with van der Waals surface area (Å²) in [5, 5.41) is 8.59. The summed E-state index contributed by atoms with van der Waals surface area (Å²) in [5.74, 6) is -0.322. The van der Waals surface area contributed by atoms with Gasteiger partial charge in [0, 0.05) is 12.3 Å². The zero-order chi connectivity index (χ0) is 12.7. The number of carbonyl (C=O) groups is 1. The van der Waals surface area contributed by atoms with Crippen LogP contribution in [0.2, 0.25) is 0 Å². The number of aryl methyl sites for hydroxylation is 1. The normalized spacial score (nSPS) is 10.2. The van der Waals surface area contributed by atoms with Gasteiger partial charge in [0.25, 0.3) is 0 Å². The zero-order valence-corrected chi connectivity index (χ0v) is 10.1. The first-order chi connectivity index (χ1) is 8.15. The van der Waals surface area contributed by atoms with E-state index in [1.165, 1.54) is 0 Å². The summed E-state index contributed by atoms with van der Waals surface area (Å²) < 4.78 is 5.11. The number of aliphatic hydroxyl groups is 1. The molecular weight excluding hydrogens is 218 g/mol. The number of aliphatic hydroxyl groups excluding tert-OH is 1. The molecule has 4 nitrogen and oxygen atoms in total. The zero-order valence-electron chi connectivity index (χ0n) is 10.1. The van der Waals surface area contributed by atoms with Crippen molar-refractivity contribution < 1.29 is 14.6 Å². The number of anilines is 1. The second kappa shape index (κ2) is 6.91. The first-order valence-corrected chi connectivity index (χ1v) is 5.79. The third kappa shape index (κ3) is 4.44. The highest BCUT2D eigenvalue weighted by Crippen LogP contribution is 2.13. The lowest BCUT2D eigenvalue weighted by molar-refractivity contribution is 0.0496. The van der Waals surface area contributed by atoms with E-state index in [2.05, 4.69) is 0 Å². The highest BCUT2D eigenvalue weighted by atomic mass is 16.5. The van der Waals surface area contributed by atoms with E-state index in [-0.39, 0.29) is 12.6 Å². The fraction of sp³-hybridized carbons (Fsp3) is 0.462. The molecule has 0 amide bonds. The van der Waals surface area contributed by atoms with Gasteiger partial charge >= 0.3 is 5.97 Å². The molecule has 0 atom stereocenters. The van der Waals surface area contributed by atoms with Gasteiger partial charge in [0.15, 0.2) is 0 Å². The molecule has 0 unspecified atom stereocenters. The quantitative estimate of drug-likeness (QED) is 0.450. The number of nitrogens with two attached hydrogens (primary N) is 1. The van der Waals surface area contributed by atoms with E-state index in [1.54, 1.807) is 18.2 Å². The average Bonchev–Trinajstić information content (AvgIpc) is 2.32. The smallest absolute Gasteiger partial charge is 0.338 e. The van der Waals surface area contributed by atoms with Gasteiger partial charge in [0.05, 0.1) is 12.2 Å². The molecule has 0 bridgehead atoms. The first kappa shape index (κ1) is 13.5. The van der Waals surface area contributed by atoms with Crippen LogP contribution in [-0.2, 0) is 4.74 Å². The van der Waals surface area contributed by atoms with Gasteiger partial charge in [-0.2, -0.15) is 0 Å². The number of carbonyl (C=O) groups excluding carboxylic acids is 1. The molecule has 17 heavy (non-hydrogen) atoms. The highest BCUT2D eigenvalue weighted by molar-refractivity contribution is 5.90. The summed E-state index contributed by atoms with van der Waals surface area (Å²) in [6.45, 7) is 2.43. The summed E-state index contributed by atoms with van der Waals surface area (Å²) in [6, 6.07) is 5.10. The Morgan fingerprint density at radius 2 is 2.12 bits per heavy atom. The van der Waals surface area contributed by atoms with Gasteiger partial charge < -0.3 is 15.6 Å². The van der Waals surface area contributed by atoms with Crippen molar-refractivity contribution in [2.24, 2.45) is 0 Å². The van der Waals surface area contributed by atoms with Crippen molar-refractivity contribution in [2.75, 3.05) is 18.9 Å². The van der Waals surface area contributed by atoms with Gasteiger partial charge in [0.2, 0.25) is 0 Å². The molecule has 1 rings (SSSR count). The van der Waals surface area contributed by atoms with Gasteiger partial charge in [-0.3, -0.25) is 0 Å². The maximum Gasteiger partial charge on any atom is 0.338 e. The lowest BCUT2D eigenvalue weighted by atomic mass is 10.1. The van der Waals surface area contributed by atoms with Crippen LogP contribution in [0.3, 0.4) is 0 Å². The van der Waals surface area contributed by atoms with Gasteiger partial charge in [-0.05, 0) is 49.9 Å². The summed E-state index contributed by atoms with van der Waals surface area (Å²) >= 11 is 0. The Bertz CT molecular complexity index is 377. The van der Waals surface area contributed by atoms with Gasteiger partial charge in [0.1, 0.15) is 0 Å². The van der Waals surface area contributed by atoms with Crippen LogP contribution in [0.1, 0.15) is 35.2 Å². The van der Waals surface area contributed by atoms with Crippen LogP contribution in [0.15, 0.2) is 18.2 Å². The summed E-state index contributed by atoms with van der Waals surface area (Å²) in [6.07, 6.45) is 2.39. The standard InChI is InChI=1S/C13H19NO3/c1-10-9-11(5-6-12(10)14)13(16)17-8-4-2-3-7-15/h5-6,9,15H,2-4,7-8,14H2,1H3. The Hall–Kier alpha value is -1.55. The van der Waals surface area contributed by atoms with Crippen LogP contribution in [-0.4, -0.2) is 24.3 Å². The number of rotatable bonds is 6. The summed E-state index contributed by atoms with van der Waals surface area (Å²) in [4.78, 5) is 11.6. The molecule has 0 aliphatic carbocycles. The Balaban J connectivity index is 2.39. The van der Waals surface area contributed by atoms with E-state index < -0.39 is 0 Å². The van der Waals surface area contributed by atoms with Crippen LogP contribution in [0, 0.1) is 6.92 Å². The minimum atomic E-state index is -0.322. The van der Waals surface area contributed by atoms with E-state index >= 15 is 0 Å². The summed E-state index contributed by atoms with van der Waals surface area (Å²) in [7, 11) is 0. The predicted octanol–water partition coefficient (Wildman–Crippen LogP) is 1.90. The average molecular weight is 237 g/mol. The monoisotopic (exact) mass is 237 g/mol. The third-order valence-electron chi connectivity index (χ3n) is 2.54. The molecule has 0 aliphatic rings. The molecule has 0 saturated carbocycles. The Morgan fingerprint density at radius 1 is 1.35 bits per heavy atom. The molecule has 0 aliphatic heterocycles. The number of unbranched alkanes of at least 4 members (excludes halogenated alkanes) is 2. The molecule has 94 valence electrons. The topological polar surface area (TPSA) is 72.5 Å². The lowest BCUT2D eigenvalue weighted by Crippen LogP contribution is -2.07. The van der Waals surface area contributed by atoms with Crippen molar-refractivity contribution in [3.63, 3.8) is 0 Å². The van der Waals surface area contributed by atoms with Gasteiger partial charge in [-0.1, -0.05) is 0 Å². The molecule has 0 fully saturated rings. The number of ether oxygens (including phenoxy) is 1. The first-order valence-electron chi connectivity index (χ1n) is 5.79. The number of benzene rings is 1. The van der Waals surface area contributed by atoms with E-state index in [4.69, 9.17) is 15.6 Å². The van der Waals surface area contributed by atoms with Crippen molar-refractivity contribution in [3.8, 4) is 0 Å². The number of hydrogen-bond donors (Lipinski definition) is 2. The van der Waals surface area contributed by atoms with Crippen LogP contribution in [0.5, 0.6) is 0 Å². The van der Waals surface area contributed by atoms with E-state index in [1.807, 2.05) is 6.92 Å². The van der Waals surface area contributed by atoms with Crippen LogP contribution < -0.4 is 5.73 Å². The minimum absolute atomic E-state index is 0.186. The van der Waals surface area contributed by atoms with Gasteiger partial charge in [-0.25, -0.2) is 4.79 Å². The molecule has 1 aromatic carbocycles. The second-order valence-corrected chi connectivity index (χ2v) is 3.99. The molecule has 0 aromatic heterocycles. The lowest BCUT2D eigenvalue weighted by Gasteiger charge is -2.06. The molecule has 0 spiro atoms. The fourth-order valence-electron chi connectivity index (χ4n) is 1.44. The van der Waals surface area contributed by atoms with Crippen molar-refractivity contribution >= 4 is 11.7 Å². The largest absolute Gasteiger partial charge is 0.462 e. The highest BCUT2D eigenvalue weighted by Gasteiger charge is 2.07. The Labute approximate surface area is 101 Å². The molecule has 3 N–H and O–H groups in total. The Kier molecular flexibility index (Phi) is 5.49. The van der Waals surface area contributed by atoms with Gasteiger partial charge in [-0.15, -0.1) is 0 Å². The minimum Gasteiger partial charge on any atom is -0.462 e. The van der Waals surface area contributed by atoms with E-state index in [9.17, 15) is 4.79 Å². The molecule has 4 heteroatoms. The number of esters is 1. The molecular formula is C13H19NO3. The maximum absolute atomic E-state index is 11.6. The maximum atomic E-state index is 11.6. The third-order valence-corrected chi connectivity index (χ3v) is 2.54. The van der Waals surface area contributed by atoms with Crippen molar-refractivity contribution in [1.29, 1.82) is 0 Å². The fourth-order valence-corrected chi connectivity index (χ4v) is 1.44. The number of hydrogen-bond acceptors (Lipinski definition) is 4. The molecule has 0 radical (unpaired) electrons. The number of nitrogen functional groups attached to an aromatic ring is 1. The second-order valence-electron chi connectivity index (χ2n) is 3.99. The SMILES string of the molecule is Cc1cc(C(=O)OCCCCCO)ccc1N. The summed E-state index contributed by atoms with van der Waals surface area (Å²) in [5.41, 5.74) is 7.74. The molecule has 1 aromatic rings. The van der Waals surface area contributed by atoms with Crippen molar-refractivity contribution in [2.45, 2.75) is 26.2 Å². The molecule has 0 saturated heterocycles. The Morgan fingerprint density at radius 3 is 2.76 bits per heavy atom.